The topological polar surface area (TPSA) is 54.5 Å². The second kappa shape index (κ2) is 4.37. The number of hydrogen-bond donors (Lipinski definition) is 1. The highest BCUT2D eigenvalue weighted by Gasteiger charge is 2.57. The standard InChI is InChI=1S/C13H19N3O2S/c1-13(2,3)18-12(17)15-10-8-6-16(7-9(8)10)11-14-4-5-19-11/h4-5,8-10H,6-7H2,1-3H3,(H,15,17). The van der Waals surface area contributed by atoms with Crippen LogP contribution in [-0.2, 0) is 4.74 Å². The van der Waals surface area contributed by atoms with E-state index in [1.165, 1.54) is 0 Å². The number of hydrogen-bond acceptors (Lipinski definition) is 5. The minimum Gasteiger partial charge on any atom is -0.444 e. The fraction of sp³-hybridized carbons (Fsp3) is 0.692. The van der Waals surface area contributed by atoms with Crippen LogP contribution < -0.4 is 10.2 Å². The molecule has 1 N–H and O–H groups in total. The van der Waals surface area contributed by atoms with Gasteiger partial charge in [-0.15, -0.1) is 11.3 Å². The molecule has 2 heterocycles. The number of aromatic nitrogens is 1. The average Bonchev–Trinajstić information content (AvgIpc) is 2.80. The summed E-state index contributed by atoms with van der Waals surface area (Å²) in [7, 11) is 0. The van der Waals surface area contributed by atoms with Crippen molar-refractivity contribution in [1.29, 1.82) is 0 Å². The molecule has 1 saturated carbocycles. The van der Waals surface area contributed by atoms with E-state index in [9.17, 15) is 4.79 Å². The molecule has 1 amide bonds. The maximum Gasteiger partial charge on any atom is 0.407 e. The lowest BCUT2D eigenvalue weighted by Gasteiger charge is -2.22. The summed E-state index contributed by atoms with van der Waals surface area (Å²) in [6, 6.07) is 0.283. The highest BCUT2D eigenvalue weighted by atomic mass is 32.1. The number of rotatable bonds is 2. The molecule has 1 aliphatic carbocycles. The number of nitrogens with zero attached hydrogens (tertiary/aromatic N) is 2. The molecule has 1 saturated heterocycles. The van der Waals surface area contributed by atoms with Crippen LogP contribution in [0.25, 0.3) is 0 Å². The van der Waals surface area contributed by atoms with Gasteiger partial charge in [-0.1, -0.05) is 0 Å². The quantitative estimate of drug-likeness (QED) is 0.902. The number of fused-ring (bicyclic) bond motifs is 1. The molecule has 0 aromatic carbocycles. The molecular formula is C13H19N3O2S. The zero-order valence-corrected chi connectivity index (χ0v) is 12.2. The molecule has 5 nitrogen and oxygen atoms in total. The molecule has 1 aromatic heterocycles. The second-order valence-electron chi connectivity index (χ2n) is 6.22. The minimum absolute atomic E-state index is 0.283. The van der Waals surface area contributed by atoms with Crippen molar-refractivity contribution in [3.63, 3.8) is 0 Å². The van der Waals surface area contributed by atoms with Crippen molar-refractivity contribution in [3.05, 3.63) is 11.6 Å². The first-order valence-electron chi connectivity index (χ1n) is 6.58. The Labute approximate surface area is 117 Å². The van der Waals surface area contributed by atoms with Gasteiger partial charge in [0.1, 0.15) is 5.60 Å². The summed E-state index contributed by atoms with van der Waals surface area (Å²) in [5, 5.41) is 6.06. The number of nitrogens with one attached hydrogen (secondary N) is 1. The van der Waals surface area contributed by atoms with E-state index in [2.05, 4.69) is 15.2 Å². The lowest BCUT2D eigenvalue weighted by Crippen LogP contribution is -2.38. The zero-order chi connectivity index (χ0) is 13.6. The van der Waals surface area contributed by atoms with E-state index in [1.54, 1.807) is 11.3 Å². The molecule has 2 aliphatic rings. The van der Waals surface area contributed by atoms with Crippen LogP contribution in [0.15, 0.2) is 11.6 Å². The molecule has 0 spiro atoms. The van der Waals surface area contributed by atoms with Crippen molar-refractivity contribution in [2.24, 2.45) is 11.8 Å². The maximum absolute atomic E-state index is 11.7. The lowest BCUT2D eigenvalue weighted by molar-refractivity contribution is 0.0518. The van der Waals surface area contributed by atoms with Gasteiger partial charge in [0.2, 0.25) is 0 Å². The molecular weight excluding hydrogens is 262 g/mol. The average molecular weight is 281 g/mol. The summed E-state index contributed by atoms with van der Waals surface area (Å²) in [5.74, 6) is 1.10. The number of carbonyl (C=O) groups is 1. The number of carbonyl (C=O) groups excluding carboxylic acids is 1. The molecule has 1 aromatic rings. The Morgan fingerprint density at radius 2 is 2.16 bits per heavy atom. The fourth-order valence-corrected chi connectivity index (χ4v) is 3.38. The summed E-state index contributed by atoms with van der Waals surface area (Å²) in [6.45, 7) is 7.61. The Morgan fingerprint density at radius 3 is 2.68 bits per heavy atom. The van der Waals surface area contributed by atoms with E-state index in [0.29, 0.717) is 11.8 Å². The van der Waals surface area contributed by atoms with Gasteiger partial charge in [-0.2, -0.15) is 0 Å². The first-order valence-corrected chi connectivity index (χ1v) is 7.46. The van der Waals surface area contributed by atoms with Crippen LogP contribution >= 0.6 is 11.3 Å². The molecule has 6 heteroatoms. The van der Waals surface area contributed by atoms with Crippen LogP contribution in [0.3, 0.4) is 0 Å². The summed E-state index contributed by atoms with van der Waals surface area (Å²) in [6.07, 6.45) is 1.54. The third-order valence-corrected chi connectivity index (χ3v) is 4.40. The molecule has 0 bridgehead atoms. The van der Waals surface area contributed by atoms with E-state index in [4.69, 9.17) is 4.74 Å². The van der Waals surface area contributed by atoms with Crippen molar-refractivity contribution < 1.29 is 9.53 Å². The summed E-state index contributed by atoms with van der Waals surface area (Å²) in [4.78, 5) is 18.3. The molecule has 3 rings (SSSR count). The smallest absolute Gasteiger partial charge is 0.407 e. The maximum atomic E-state index is 11.7. The van der Waals surface area contributed by atoms with Gasteiger partial charge < -0.3 is 15.0 Å². The van der Waals surface area contributed by atoms with Crippen LogP contribution in [0.4, 0.5) is 9.93 Å². The Hall–Kier alpha value is -1.30. The van der Waals surface area contributed by atoms with Crippen molar-refractivity contribution in [2.45, 2.75) is 32.4 Å². The van der Waals surface area contributed by atoms with Crippen LogP contribution in [0.2, 0.25) is 0 Å². The first-order chi connectivity index (χ1) is 8.94. The lowest BCUT2D eigenvalue weighted by atomic mass is 10.2. The Bertz CT molecular complexity index is 457. The summed E-state index contributed by atoms with van der Waals surface area (Å²) in [5.41, 5.74) is -0.430. The molecule has 2 fully saturated rings. The number of thiazole rings is 1. The summed E-state index contributed by atoms with van der Waals surface area (Å²) < 4.78 is 5.28. The fourth-order valence-electron chi connectivity index (χ4n) is 2.71. The number of anilines is 1. The third kappa shape index (κ3) is 2.68. The van der Waals surface area contributed by atoms with Gasteiger partial charge >= 0.3 is 6.09 Å². The zero-order valence-electron chi connectivity index (χ0n) is 11.4. The van der Waals surface area contributed by atoms with E-state index >= 15 is 0 Å². The molecule has 19 heavy (non-hydrogen) atoms. The van der Waals surface area contributed by atoms with E-state index in [-0.39, 0.29) is 12.1 Å². The van der Waals surface area contributed by atoms with Gasteiger partial charge in [0.05, 0.1) is 0 Å². The van der Waals surface area contributed by atoms with Gasteiger partial charge in [0, 0.05) is 42.5 Å². The SMILES string of the molecule is CC(C)(C)OC(=O)NC1C2CN(c3nccs3)CC21. The van der Waals surface area contributed by atoms with Crippen molar-refractivity contribution in [1.82, 2.24) is 10.3 Å². The van der Waals surface area contributed by atoms with Gasteiger partial charge in [0.25, 0.3) is 0 Å². The van der Waals surface area contributed by atoms with Gasteiger partial charge in [0.15, 0.2) is 5.13 Å². The highest BCUT2D eigenvalue weighted by Crippen LogP contribution is 2.47. The number of piperidine rings is 1. The van der Waals surface area contributed by atoms with Gasteiger partial charge in [-0.05, 0) is 20.8 Å². The monoisotopic (exact) mass is 281 g/mol. The number of alkyl carbamates (subject to hydrolysis) is 1. The molecule has 1 aliphatic heterocycles. The summed E-state index contributed by atoms with van der Waals surface area (Å²) >= 11 is 1.67. The van der Waals surface area contributed by atoms with E-state index < -0.39 is 5.60 Å². The second-order valence-corrected chi connectivity index (χ2v) is 7.09. The minimum atomic E-state index is -0.430. The van der Waals surface area contributed by atoms with Crippen LogP contribution in [0.1, 0.15) is 20.8 Å². The van der Waals surface area contributed by atoms with Crippen LogP contribution in [0.5, 0.6) is 0 Å². The predicted molar refractivity (Wildman–Crippen MR) is 74.5 cm³/mol. The van der Waals surface area contributed by atoms with Crippen molar-refractivity contribution in [2.75, 3.05) is 18.0 Å². The van der Waals surface area contributed by atoms with E-state index in [0.717, 1.165) is 18.2 Å². The third-order valence-electron chi connectivity index (χ3n) is 3.57. The molecule has 2 unspecified atom stereocenters. The Kier molecular flexibility index (Phi) is 2.92. The largest absolute Gasteiger partial charge is 0.444 e. The van der Waals surface area contributed by atoms with Gasteiger partial charge in [-0.25, -0.2) is 9.78 Å². The first kappa shape index (κ1) is 12.7. The van der Waals surface area contributed by atoms with Crippen molar-refractivity contribution in [3.8, 4) is 0 Å². The number of ether oxygens (including phenoxy) is 1. The van der Waals surface area contributed by atoms with E-state index in [1.807, 2.05) is 32.3 Å². The Morgan fingerprint density at radius 1 is 1.47 bits per heavy atom. The number of amides is 1. The highest BCUT2D eigenvalue weighted by molar-refractivity contribution is 7.13. The normalized spacial score (nSPS) is 29.0. The molecule has 0 radical (unpaired) electrons. The van der Waals surface area contributed by atoms with Crippen molar-refractivity contribution >= 4 is 22.6 Å². The molecule has 2 atom stereocenters. The van der Waals surface area contributed by atoms with Crippen LogP contribution in [0, 0.1) is 11.8 Å². The Balaban J connectivity index is 1.48. The predicted octanol–water partition coefficient (Wildman–Crippen LogP) is 2.10. The van der Waals surface area contributed by atoms with Gasteiger partial charge in [-0.3, -0.25) is 0 Å². The molecule has 104 valence electrons. The van der Waals surface area contributed by atoms with Crippen LogP contribution in [-0.4, -0.2) is 35.8 Å².